The minimum absolute atomic E-state index is 0.0446. The minimum Gasteiger partial charge on any atom is -0.481 e. The molecule has 2 aromatic carbocycles. The number of Topliss-reactive ketones (excluding diaryl/α,β-unsaturated/α-hetero) is 1. The number of hydrogen-bond donors (Lipinski definition) is 6. The predicted molar refractivity (Wildman–Crippen MR) is 285 cm³/mol. The van der Waals surface area contributed by atoms with E-state index in [4.69, 9.17) is 18.9 Å². The summed E-state index contributed by atoms with van der Waals surface area (Å²) in [5, 5.41) is 39.5. The van der Waals surface area contributed by atoms with Gasteiger partial charge in [-0.25, -0.2) is 4.39 Å². The summed E-state index contributed by atoms with van der Waals surface area (Å²) < 4.78 is 57.5. The summed E-state index contributed by atoms with van der Waals surface area (Å²) >= 11 is 1.35. The highest BCUT2D eigenvalue weighted by Crippen LogP contribution is 2.73. The number of hydrogen-bond acceptors (Lipinski definition) is 12. The van der Waals surface area contributed by atoms with Crippen molar-refractivity contribution in [2.24, 2.45) is 28.6 Å². The van der Waals surface area contributed by atoms with Crippen molar-refractivity contribution in [2.45, 2.75) is 139 Å². The van der Waals surface area contributed by atoms with Gasteiger partial charge < -0.3 is 50.2 Å². The number of aliphatic hydroxyl groups is 2. The molecule has 4 aliphatic carbocycles. The maximum atomic E-state index is 18.1. The first-order valence-corrected chi connectivity index (χ1v) is 27.8. The molecule has 1 saturated heterocycles. The van der Waals surface area contributed by atoms with E-state index in [9.17, 15) is 43.7 Å². The number of thioether (sulfide) groups is 1. The molecule has 3 saturated carbocycles. The van der Waals surface area contributed by atoms with Gasteiger partial charge in [-0.15, -0.1) is 11.8 Å². The van der Waals surface area contributed by atoms with E-state index in [2.05, 4.69) is 22.9 Å². The number of carbonyl (C=O) groups is 5. The van der Waals surface area contributed by atoms with Gasteiger partial charge in [-0.3, -0.25) is 28.4 Å². The van der Waals surface area contributed by atoms with E-state index in [1.54, 1.807) is 19.1 Å². The average Bonchev–Trinajstić information content (AvgIpc) is 4.07. The van der Waals surface area contributed by atoms with Crippen molar-refractivity contribution in [3.05, 3.63) is 101 Å². The molecule has 0 radical (unpaired) electrons. The van der Waals surface area contributed by atoms with Crippen LogP contribution in [0.4, 0.5) is 14.5 Å². The zero-order valence-electron chi connectivity index (χ0n) is 44.5. The van der Waals surface area contributed by atoms with Gasteiger partial charge >= 0.3 is 5.97 Å². The standard InChI is InChI=1S/C58H77F2N3O12S/c1-6-8-10-36(3)76-46(32-52(69)70)53(71)62-21-18-50(67)61-22-24-73-26-25-72-23-19-51(68)63-42-12-9-11-39(28-42)27-38-13-15-40(16-14-38)54-74-49-31-44-45-30-41(34-59)43-29-37(7-2)17-20-55(43,4)57(45,60)47(65)33-56(44,5)58(49,75-54)48(66)35-64/h7,9,11-17,20,28-29,36,41,44-47,49,54,64-65H,6,8,10,18-19,21-27,30-35H2,1-5H3,(H,61,67)(H,62,71)(H,63,68)(H,69,70)/b37-7+/t36?,41-,44+,45+,46?,47+,49-,54-,55+,56+,57+,58-/m1/s1. The number of unbranched alkanes of at least 4 members (excludes halogenated alkanes) is 1. The molecule has 3 amide bonds. The van der Waals surface area contributed by atoms with Gasteiger partial charge in [0.25, 0.3) is 0 Å². The summed E-state index contributed by atoms with van der Waals surface area (Å²) in [7, 11) is 0. The molecule has 12 atom stereocenters. The highest BCUT2D eigenvalue weighted by Gasteiger charge is 2.80. The SMILES string of the molecule is C/C=C1\C=C[C@@]2(C)C(=C1)[C@@H](CF)C[C@H]1[C@@H]3C[C@H]4O[C@@H](c5ccc(Cc6cccc(NC(=O)CCOCCOCCNC(=O)CCNC(=O)C(CC(=O)O)SC(C)CCCC)c6)cc5)O[C@@]4(C(=O)CO)[C@@]3(C)C[C@H](O)[C@@]12F. The molecule has 6 N–H and O–H groups in total. The van der Waals surface area contributed by atoms with E-state index >= 15 is 4.39 Å². The highest BCUT2D eigenvalue weighted by molar-refractivity contribution is 8.01. The number of aliphatic hydroxyl groups excluding tert-OH is 2. The van der Waals surface area contributed by atoms with Crippen molar-refractivity contribution in [2.75, 3.05) is 58.1 Å². The molecule has 5 aliphatic rings. The second kappa shape index (κ2) is 25.8. The summed E-state index contributed by atoms with van der Waals surface area (Å²) in [6.07, 6.45) is 7.63. The fourth-order valence-corrected chi connectivity index (χ4v) is 14.1. The summed E-state index contributed by atoms with van der Waals surface area (Å²) in [5.74, 6) is -4.43. The van der Waals surface area contributed by atoms with Crippen LogP contribution in [0.5, 0.6) is 0 Å². The maximum absolute atomic E-state index is 18.1. The van der Waals surface area contributed by atoms with E-state index in [-0.39, 0.29) is 101 Å². The van der Waals surface area contributed by atoms with Crippen LogP contribution in [0.3, 0.4) is 0 Å². The molecule has 2 unspecified atom stereocenters. The third-order valence-electron chi connectivity index (χ3n) is 16.6. The Kier molecular flexibility index (Phi) is 20.0. The summed E-state index contributed by atoms with van der Waals surface area (Å²) in [6.45, 7) is 9.27. The lowest BCUT2D eigenvalue weighted by Gasteiger charge is -2.64. The summed E-state index contributed by atoms with van der Waals surface area (Å²) in [5.41, 5.74) is -1.57. The van der Waals surface area contributed by atoms with Crippen LogP contribution in [0.25, 0.3) is 0 Å². The molecule has 0 bridgehead atoms. The zero-order chi connectivity index (χ0) is 54.8. The monoisotopic (exact) mass is 1080 g/mol. The fraction of sp³-hybridized carbons (Fsp3) is 0.603. The van der Waals surface area contributed by atoms with Crippen LogP contribution in [-0.4, -0.2) is 132 Å². The number of carboxylic acids is 1. The van der Waals surface area contributed by atoms with E-state index in [1.807, 2.05) is 81.5 Å². The Morgan fingerprint density at radius 2 is 1.70 bits per heavy atom. The van der Waals surface area contributed by atoms with Crippen LogP contribution in [0, 0.1) is 28.6 Å². The van der Waals surface area contributed by atoms with Crippen molar-refractivity contribution < 1.29 is 67.0 Å². The maximum Gasteiger partial charge on any atom is 0.305 e. The molecule has 4 fully saturated rings. The van der Waals surface area contributed by atoms with E-state index in [0.717, 1.165) is 36.0 Å². The number of fused-ring (bicyclic) bond motifs is 7. The second-order valence-corrected chi connectivity index (χ2v) is 23.1. The van der Waals surface area contributed by atoms with Crippen molar-refractivity contribution in [3.8, 4) is 0 Å². The molecule has 2 aromatic rings. The van der Waals surface area contributed by atoms with Crippen molar-refractivity contribution in [1.29, 1.82) is 0 Å². The molecule has 7 rings (SSSR count). The topological polar surface area (TPSA) is 219 Å². The summed E-state index contributed by atoms with van der Waals surface area (Å²) in [4.78, 5) is 63.1. The van der Waals surface area contributed by atoms with E-state index < -0.39 is 88.6 Å². The molecule has 1 heterocycles. The Morgan fingerprint density at radius 1 is 0.947 bits per heavy atom. The zero-order valence-corrected chi connectivity index (χ0v) is 45.3. The molecule has 18 heteroatoms. The number of anilines is 1. The minimum atomic E-state index is -2.15. The molecule has 15 nitrogen and oxygen atoms in total. The Bertz CT molecular complexity index is 2490. The molecule has 1 aliphatic heterocycles. The van der Waals surface area contributed by atoms with Gasteiger partial charge in [0.1, 0.15) is 6.61 Å². The number of ether oxygens (including phenoxy) is 4. The number of alkyl halides is 2. The third kappa shape index (κ3) is 12.4. The predicted octanol–water partition coefficient (Wildman–Crippen LogP) is 7.68. The van der Waals surface area contributed by atoms with Crippen molar-refractivity contribution in [1.82, 2.24) is 10.6 Å². The number of nitrogens with one attached hydrogen (secondary N) is 3. The van der Waals surface area contributed by atoms with E-state index in [0.29, 0.717) is 23.2 Å². The number of carboxylic acid groups (broad SMARTS) is 1. The van der Waals surface area contributed by atoms with Gasteiger partial charge in [0.05, 0.1) is 63.4 Å². The second-order valence-electron chi connectivity index (χ2n) is 21.5. The highest BCUT2D eigenvalue weighted by atomic mass is 32.2. The number of amides is 3. The van der Waals surface area contributed by atoms with Crippen LogP contribution in [-0.2, 0) is 49.3 Å². The lowest BCUT2D eigenvalue weighted by molar-refractivity contribution is -0.235. The number of allylic oxidation sites excluding steroid dienone is 6. The fourth-order valence-electron chi connectivity index (χ4n) is 12.8. The van der Waals surface area contributed by atoms with Gasteiger partial charge in [-0.2, -0.15) is 0 Å². The smallest absolute Gasteiger partial charge is 0.305 e. The Labute approximate surface area is 449 Å². The Hall–Kier alpha value is -4.82. The molecular formula is C58H77F2N3O12S. The lowest BCUT2D eigenvalue weighted by atomic mass is 9.43. The van der Waals surface area contributed by atoms with Crippen LogP contribution < -0.4 is 16.0 Å². The van der Waals surface area contributed by atoms with Crippen LogP contribution >= 0.6 is 11.8 Å². The quantitative estimate of drug-likeness (QED) is 0.0474. The van der Waals surface area contributed by atoms with Crippen LogP contribution in [0.1, 0.15) is 115 Å². The van der Waals surface area contributed by atoms with Gasteiger partial charge in [-0.05, 0) is 80.7 Å². The van der Waals surface area contributed by atoms with Gasteiger partial charge in [0, 0.05) is 58.7 Å². The number of benzene rings is 2. The van der Waals surface area contributed by atoms with Crippen molar-refractivity contribution in [3.63, 3.8) is 0 Å². The number of ketones is 1. The Balaban J connectivity index is 0.828. The van der Waals surface area contributed by atoms with Crippen LogP contribution in [0.15, 0.2) is 84.0 Å². The van der Waals surface area contributed by atoms with Crippen molar-refractivity contribution >= 4 is 46.9 Å². The normalized spacial score (nSPS) is 30.5. The molecule has 76 heavy (non-hydrogen) atoms. The van der Waals surface area contributed by atoms with Crippen LogP contribution in [0.2, 0.25) is 0 Å². The molecule has 416 valence electrons. The molecule has 0 spiro atoms. The lowest BCUT2D eigenvalue weighted by Crippen LogP contribution is -2.70. The number of carbonyl (C=O) groups excluding carboxylic acids is 4. The Morgan fingerprint density at radius 3 is 2.39 bits per heavy atom. The molecule has 0 aromatic heterocycles. The first kappa shape index (κ1) is 58.9. The first-order chi connectivity index (χ1) is 36.4. The molecular weight excluding hydrogens is 1000 g/mol. The summed E-state index contributed by atoms with van der Waals surface area (Å²) in [6, 6.07) is 15.1. The van der Waals surface area contributed by atoms with E-state index in [1.165, 1.54) is 11.8 Å². The van der Waals surface area contributed by atoms with Gasteiger partial charge in [0.2, 0.25) is 17.7 Å². The average molecular weight is 1080 g/mol. The number of rotatable bonds is 27. The number of halogens is 2. The largest absolute Gasteiger partial charge is 0.481 e. The third-order valence-corrected chi connectivity index (χ3v) is 18.0. The van der Waals surface area contributed by atoms with Gasteiger partial charge in [0.15, 0.2) is 23.3 Å². The first-order valence-electron chi connectivity index (χ1n) is 26.9. The number of aliphatic carboxylic acids is 1. The van der Waals surface area contributed by atoms with Gasteiger partial charge in [-0.1, -0.05) is 99.9 Å².